The first-order valence-corrected chi connectivity index (χ1v) is 8.22. The van der Waals surface area contributed by atoms with Crippen LogP contribution in [0.5, 0.6) is 0 Å². The van der Waals surface area contributed by atoms with Crippen LogP contribution in [0.25, 0.3) is 10.2 Å². The molecule has 2 aromatic rings. The second kappa shape index (κ2) is 6.54. The molecule has 1 aliphatic rings. The topological polar surface area (TPSA) is 42.4 Å². The van der Waals surface area contributed by atoms with Gasteiger partial charge in [-0.15, -0.1) is 11.3 Å². The number of amides is 1. The highest BCUT2D eigenvalue weighted by molar-refractivity contribution is 7.18. The highest BCUT2D eigenvalue weighted by Gasteiger charge is 2.25. The van der Waals surface area contributed by atoms with Crippen LogP contribution in [0.15, 0.2) is 24.3 Å². The van der Waals surface area contributed by atoms with Crippen LogP contribution in [0.4, 0.5) is 0 Å². The summed E-state index contributed by atoms with van der Waals surface area (Å²) in [6, 6.07) is 8.28. The summed E-state index contributed by atoms with van der Waals surface area (Å²) in [5.74, 6) is 0.702. The number of piperidine rings is 1. The lowest BCUT2D eigenvalue weighted by Crippen LogP contribution is -2.38. The van der Waals surface area contributed by atoms with Gasteiger partial charge < -0.3 is 9.64 Å². The smallest absolute Gasteiger partial charge is 0.224 e. The lowest BCUT2D eigenvalue weighted by Gasteiger charge is -2.31. The van der Waals surface area contributed by atoms with Crippen LogP contribution in [-0.4, -0.2) is 42.6 Å². The molecule has 1 aromatic carbocycles. The van der Waals surface area contributed by atoms with Crippen molar-refractivity contribution in [3.63, 3.8) is 0 Å². The third-order valence-corrected chi connectivity index (χ3v) is 5.23. The summed E-state index contributed by atoms with van der Waals surface area (Å²) >= 11 is 1.79. The van der Waals surface area contributed by atoms with Gasteiger partial charge in [0.25, 0.3) is 0 Å². The van der Waals surface area contributed by atoms with Gasteiger partial charge >= 0.3 is 0 Å². The zero-order valence-corrected chi connectivity index (χ0v) is 13.1. The summed E-state index contributed by atoms with van der Waals surface area (Å²) in [6.45, 7) is 2.18. The number of para-hydroxylation sites is 1. The monoisotopic (exact) mass is 304 g/mol. The van der Waals surface area contributed by atoms with Gasteiger partial charge in [0.05, 0.1) is 28.3 Å². The van der Waals surface area contributed by atoms with Crippen LogP contribution in [-0.2, 0) is 9.53 Å². The minimum absolute atomic E-state index is 0.208. The van der Waals surface area contributed by atoms with E-state index in [-0.39, 0.29) is 5.91 Å². The van der Waals surface area contributed by atoms with E-state index < -0.39 is 0 Å². The van der Waals surface area contributed by atoms with Crippen LogP contribution in [0, 0.1) is 0 Å². The van der Waals surface area contributed by atoms with Crippen molar-refractivity contribution in [2.24, 2.45) is 0 Å². The van der Waals surface area contributed by atoms with Gasteiger partial charge in [0, 0.05) is 26.1 Å². The number of carbonyl (C=O) groups excluding carboxylic acids is 1. The van der Waals surface area contributed by atoms with Crippen molar-refractivity contribution < 1.29 is 9.53 Å². The van der Waals surface area contributed by atoms with Crippen molar-refractivity contribution in [3.8, 4) is 0 Å². The molecule has 1 aromatic heterocycles. The van der Waals surface area contributed by atoms with Crippen LogP contribution in [0.1, 0.15) is 30.2 Å². The summed E-state index contributed by atoms with van der Waals surface area (Å²) < 4.78 is 6.23. The van der Waals surface area contributed by atoms with Gasteiger partial charge in [-0.2, -0.15) is 0 Å². The molecule has 0 aliphatic carbocycles. The van der Waals surface area contributed by atoms with Gasteiger partial charge in [-0.05, 0) is 25.0 Å². The maximum atomic E-state index is 12.0. The summed E-state index contributed by atoms with van der Waals surface area (Å²) in [7, 11) is 1.63. The average Bonchev–Trinajstić information content (AvgIpc) is 2.96. The molecular weight excluding hydrogens is 284 g/mol. The molecule has 1 saturated heterocycles. The molecule has 1 amide bonds. The van der Waals surface area contributed by atoms with Gasteiger partial charge in [0.2, 0.25) is 5.91 Å². The number of likely N-dealkylation sites (tertiary alicyclic amines) is 1. The molecule has 0 N–H and O–H groups in total. The molecule has 0 saturated carbocycles. The molecule has 0 atom stereocenters. The first-order valence-electron chi connectivity index (χ1n) is 7.40. The van der Waals surface area contributed by atoms with Crippen molar-refractivity contribution in [3.05, 3.63) is 29.3 Å². The first kappa shape index (κ1) is 14.5. The fraction of sp³-hybridized carbons (Fsp3) is 0.500. The molecular formula is C16H20N2O2S. The van der Waals surface area contributed by atoms with Gasteiger partial charge in [-0.1, -0.05) is 12.1 Å². The fourth-order valence-corrected chi connectivity index (χ4v) is 3.92. The standard InChI is InChI=1S/C16H20N2O2S/c1-20-11-8-15(19)18-9-6-12(7-10-18)16-17-13-4-2-3-5-14(13)21-16/h2-5,12H,6-11H2,1H3. The van der Waals surface area contributed by atoms with Crippen molar-refractivity contribution in [2.75, 3.05) is 26.8 Å². The van der Waals surface area contributed by atoms with E-state index in [0.29, 0.717) is 18.9 Å². The third-order valence-electron chi connectivity index (χ3n) is 4.03. The summed E-state index contributed by atoms with van der Waals surface area (Å²) in [5, 5.41) is 1.22. The Labute approximate surface area is 128 Å². The highest BCUT2D eigenvalue weighted by atomic mass is 32.1. The minimum Gasteiger partial charge on any atom is -0.384 e. The number of aromatic nitrogens is 1. The van der Waals surface area contributed by atoms with E-state index in [1.165, 1.54) is 9.71 Å². The van der Waals surface area contributed by atoms with E-state index in [2.05, 4.69) is 18.2 Å². The van der Waals surface area contributed by atoms with Crippen molar-refractivity contribution in [1.29, 1.82) is 0 Å². The maximum Gasteiger partial charge on any atom is 0.224 e. The number of fused-ring (bicyclic) bond motifs is 1. The predicted octanol–water partition coefficient (Wildman–Crippen LogP) is 3.04. The SMILES string of the molecule is COCCC(=O)N1CCC(c2nc3ccccc3s2)CC1. The number of thiazole rings is 1. The largest absolute Gasteiger partial charge is 0.384 e. The second-order valence-corrected chi connectivity index (χ2v) is 6.48. The number of hydrogen-bond acceptors (Lipinski definition) is 4. The molecule has 0 spiro atoms. The number of hydrogen-bond donors (Lipinski definition) is 0. The van der Waals surface area contributed by atoms with Crippen molar-refractivity contribution in [1.82, 2.24) is 9.88 Å². The molecule has 0 bridgehead atoms. The summed E-state index contributed by atoms with van der Waals surface area (Å²) in [5.41, 5.74) is 1.09. The summed E-state index contributed by atoms with van der Waals surface area (Å²) in [4.78, 5) is 18.7. The summed E-state index contributed by atoms with van der Waals surface area (Å²) in [6.07, 6.45) is 2.51. The number of rotatable bonds is 4. The van der Waals surface area contributed by atoms with E-state index in [0.717, 1.165) is 31.4 Å². The molecule has 5 heteroatoms. The van der Waals surface area contributed by atoms with Gasteiger partial charge in [0.15, 0.2) is 0 Å². The number of methoxy groups -OCH3 is 1. The normalized spacial score (nSPS) is 16.5. The van der Waals surface area contributed by atoms with Crippen molar-refractivity contribution >= 4 is 27.5 Å². The molecule has 112 valence electrons. The lowest BCUT2D eigenvalue weighted by molar-refractivity contribution is -0.133. The van der Waals surface area contributed by atoms with E-state index in [1.54, 1.807) is 18.4 Å². The van der Waals surface area contributed by atoms with E-state index in [1.807, 2.05) is 11.0 Å². The third kappa shape index (κ3) is 3.24. The first-order chi connectivity index (χ1) is 10.3. The molecule has 0 radical (unpaired) electrons. The molecule has 21 heavy (non-hydrogen) atoms. The van der Waals surface area contributed by atoms with Gasteiger partial charge in [-0.25, -0.2) is 4.98 Å². The lowest BCUT2D eigenvalue weighted by atomic mass is 9.97. The molecule has 0 unspecified atom stereocenters. The molecule has 4 nitrogen and oxygen atoms in total. The average molecular weight is 304 g/mol. The minimum atomic E-state index is 0.208. The van der Waals surface area contributed by atoms with Crippen LogP contribution < -0.4 is 0 Å². The number of carbonyl (C=O) groups is 1. The van der Waals surface area contributed by atoms with Crippen molar-refractivity contribution in [2.45, 2.75) is 25.2 Å². The Morgan fingerprint density at radius 1 is 1.38 bits per heavy atom. The van der Waals surface area contributed by atoms with Gasteiger partial charge in [-0.3, -0.25) is 4.79 Å². The fourth-order valence-electron chi connectivity index (χ4n) is 2.79. The Bertz CT molecular complexity index is 585. The van der Waals surface area contributed by atoms with Gasteiger partial charge in [0.1, 0.15) is 0 Å². The van der Waals surface area contributed by atoms with E-state index in [9.17, 15) is 4.79 Å². The number of ether oxygens (including phenoxy) is 1. The van der Waals surface area contributed by atoms with Crippen LogP contribution >= 0.6 is 11.3 Å². The quantitative estimate of drug-likeness (QED) is 0.872. The zero-order chi connectivity index (χ0) is 14.7. The Morgan fingerprint density at radius 2 is 2.14 bits per heavy atom. The molecule has 2 heterocycles. The Balaban J connectivity index is 1.61. The maximum absolute atomic E-state index is 12.0. The molecule has 1 fully saturated rings. The highest BCUT2D eigenvalue weighted by Crippen LogP contribution is 2.33. The van der Waals surface area contributed by atoms with E-state index in [4.69, 9.17) is 9.72 Å². The Morgan fingerprint density at radius 3 is 2.86 bits per heavy atom. The number of nitrogens with zero attached hydrogens (tertiary/aromatic N) is 2. The van der Waals surface area contributed by atoms with Crippen LogP contribution in [0.3, 0.4) is 0 Å². The molecule has 3 rings (SSSR count). The predicted molar refractivity (Wildman–Crippen MR) is 84.7 cm³/mol. The van der Waals surface area contributed by atoms with Crippen LogP contribution in [0.2, 0.25) is 0 Å². The second-order valence-electron chi connectivity index (χ2n) is 5.42. The number of benzene rings is 1. The molecule has 1 aliphatic heterocycles. The Hall–Kier alpha value is -1.46. The zero-order valence-electron chi connectivity index (χ0n) is 12.2. The van der Waals surface area contributed by atoms with E-state index >= 15 is 0 Å². The Kier molecular flexibility index (Phi) is 4.51.